The number of allylic oxidation sites excluding steroid dienone is 2. The van der Waals surface area contributed by atoms with Crippen LogP contribution in [0.1, 0.15) is 12.2 Å². The van der Waals surface area contributed by atoms with Crippen molar-refractivity contribution >= 4 is 29.8 Å². The minimum Gasteiger partial charge on any atom is -0.448 e. The van der Waals surface area contributed by atoms with Crippen LogP contribution in [0.2, 0.25) is 0 Å². The van der Waals surface area contributed by atoms with Crippen LogP contribution in [0.3, 0.4) is 0 Å². The molecule has 2 aromatic rings. The summed E-state index contributed by atoms with van der Waals surface area (Å²) in [4.78, 5) is 26.2. The lowest BCUT2D eigenvalue weighted by Gasteiger charge is -2.13. The van der Waals surface area contributed by atoms with E-state index in [1.165, 1.54) is 18.0 Å². The van der Waals surface area contributed by atoms with Gasteiger partial charge in [-0.15, -0.1) is 0 Å². The molecule has 1 aromatic heterocycles. The number of nitrogens with zero attached hydrogens (tertiary/aromatic N) is 2. The van der Waals surface area contributed by atoms with E-state index in [9.17, 15) is 9.59 Å². The van der Waals surface area contributed by atoms with Crippen molar-refractivity contribution in [2.75, 3.05) is 0 Å². The van der Waals surface area contributed by atoms with E-state index in [1.54, 1.807) is 6.07 Å². The summed E-state index contributed by atoms with van der Waals surface area (Å²) in [5, 5.41) is 5.90. The number of fused-ring (bicyclic) bond motifs is 5. The predicted molar refractivity (Wildman–Crippen MR) is 96.4 cm³/mol. The average Bonchev–Trinajstić information content (AvgIpc) is 3.41. The van der Waals surface area contributed by atoms with Gasteiger partial charge in [0.1, 0.15) is 5.76 Å². The van der Waals surface area contributed by atoms with Gasteiger partial charge in [-0.05, 0) is 42.5 Å². The zero-order valence-corrected chi connectivity index (χ0v) is 14.6. The molecule has 1 aliphatic heterocycles. The highest BCUT2D eigenvalue weighted by Crippen LogP contribution is 2.52. The third-order valence-electron chi connectivity index (χ3n) is 5.31. The van der Waals surface area contributed by atoms with E-state index in [0.717, 1.165) is 21.4 Å². The first-order valence-electron chi connectivity index (χ1n) is 8.63. The Morgan fingerprint density at radius 3 is 2.38 bits per heavy atom. The van der Waals surface area contributed by atoms with Crippen LogP contribution >= 0.6 is 11.8 Å². The Labute approximate surface area is 154 Å². The molecule has 2 amide bonds. The molecule has 0 spiro atoms. The normalized spacial score (nSPS) is 29.3. The van der Waals surface area contributed by atoms with Crippen molar-refractivity contribution in [3.63, 3.8) is 0 Å². The maximum atomic E-state index is 12.6. The number of benzene rings is 1. The van der Waals surface area contributed by atoms with Crippen LogP contribution in [0.25, 0.3) is 0 Å². The Kier molecular flexibility index (Phi) is 3.60. The van der Waals surface area contributed by atoms with Gasteiger partial charge in [-0.3, -0.25) is 9.59 Å². The second-order valence-electron chi connectivity index (χ2n) is 6.80. The van der Waals surface area contributed by atoms with Gasteiger partial charge in [0.25, 0.3) is 11.8 Å². The smallest absolute Gasteiger partial charge is 0.254 e. The Hall–Kier alpha value is -2.60. The number of furan rings is 1. The fraction of sp³-hybridized carbons (Fsp3) is 0.250. The predicted octanol–water partition coefficient (Wildman–Crippen LogP) is 3.57. The number of imide groups is 1. The molecule has 4 atom stereocenters. The quantitative estimate of drug-likeness (QED) is 0.473. The number of rotatable bonds is 4. The van der Waals surface area contributed by atoms with Gasteiger partial charge in [0.15, 0.2) is 5.09 Å². The molecule has 6 heteroatoms. The highest BCUT2D eigenvalue weighted by atomic mass is 32.2. The summed E-state index contributed by atoms with van der Waals surface area (Å²) in [6.45, 7) is 0. The molecule has 0 N–H and O–H groups in total. The maximum Gasteiger partial charge on any atom is 0.254 e. The van der Waals surface area contributed by atoms with E-state index in [4.69, 9.17) is 4.42 Å². The SMILES string of the molecule is O=C1C2C3C=CC(C3)C2C(=O)N1N=Cc1ccc(Sc2ccccc2)o1. The van der Waals surface area contributed by atoms with Gasteiger partial charge in [-0.25, -0.2) is 0 Å². The van der Waals surface area contributed by atoms with Crippen molar-refractivity contribution in [3.8, 4) is 0 Å². The second kappa shape index (κ2) is 5.99. The van der Waals surface area contributed by atoms with E-state index in [0.29, 0.717) is 5.76 Å². The van der Waals surface area contributed by atoms with E-state index in [1.807, 2.05) is 36.4 Å². The van der Waals surface area contributed by atoms with Crippen molar-refractivity contribution in [3.05, 3.63) is 60.4 Å². The van der Waals surface area contributed by atoms with Crippen molar-refractivity contribution in [1.82, 2.24) is 5.01 Å². The van der Waals surface area contributed by atoms with E-state index < -0.39 is 0 Å². The number of amides is 2. The van der Waals surface area contributed by atoms with Crippen LogP contribution in [-0.2, 0) is 9.59 Å². The van der Waals surface area contributed by atoms with Crippen LogP contribution in [0.5, 0.6) is 0 Å². The van der Waals surface area contributed by atoms with Crippen LogP contribution < -0.4 is 0 Å². The summed E-state index contributed by atoms with van der Waals surface area (Å²) in [7, 11) is 0. The lowest BCUT2D eigenvalue weighted by molar-refractivity contribution is -0.140. The molecule has 0 radical (unpaired) electrons. The fourth-order valence-electron chi connectivity index (χ4n) is 4.18. The Morgan fingerprint density at radius 2 is 1.69 bits per heavy atom. The summed E-state index contributed by atoms with van der Waals surface area (Å²) in [5.41, 5.74) is 0. The molecule has 1 aromatic carbocycles. The lowest BCUT2D eigenvalue weighted by Crippen LogP contribution is -2.28. The Bertz CT molecular complexity index is 904. The van der Waals surface area contributed by atoms with Gasteiger partial charge in [-0.2, -0.15) is 10.1 Å². The zero-order chi connectivity index (χ0) is 17.7. The van der Waals surface area contributed by atoms with Crippen LogP contribution in [-0.4, -0.2) is 23.0 Å². The molecule has 1 saturated heterocycles. The molecule has 130 valence electrons. The minimum atomic E-state index is -0.226. The first-order valence-corrected chi connectivity index (χ1v) is 9.45. The van der Waals surface area contributed by atoms with Gasteiger partial charge in [-0.1, -0.05) is 42.1 Å². The molecule has 3 aliphatic rings. The molecule has 2 bridgehead atoms. The van der Waals surface area contributed by atoms with Crippen LogP contribution in [0.15, 0.2) is 74.1 Å². The number of carbonyl (C=O) groups excluding carboxylic acids is 2. The second-order valence-corrected chi connectivity index (χ2v) is 7.88. The molecule has 26 heavy (non-hydrogen) atoms. The van der Waals surface area contributed by atoms with E-state index >= 15 is 0 Å². The number of hydrogen-bond acceptors (Lipinski definition) is 5. The molecule has 2 fully saturated rings. The summed E-state index contributed by atoms with van der Waals surface area (Å²) in [6, 6.07) is 13.5. The molecule has 1 saturated carbocycles. The summed E-state index contributed by atoms with van der Waals surface area (Å²) < 4.78 is 5.72. The third-order valence-corrected chi connectivity index (χ3v) is 6.24. The first kappa shape index (κ1) is 15.6. The number of hydrazone groups is 1. The van der Waals surface area contributed by atoms with Crippen molar-refractivity contribution in [1.29, 1.82) is 0 Å². The van der Waals surface area contributed by atoms with E-state index in [-0.39, 0.29) is 35.5 Å². The van der Waals surface area contributed by atoms with Gasteiger partial charge in [0.2, 0.25) is 0 Å². The molecular weight excluding hydrogens is 348 g/mol. The molecule has 4 unspecified atom stereocenters. The van der Waals surface area contributed by atoms with Crippen molar-refractivity contribution < 1.29 is 14.0 Å². The molecule has 2 aliphatic carbocycles. The first-order chi connectivity index (χ1) is 12.7. The Balaban J connectivity index is 1.31. The van der Waals surface area contributed by atoms with Crippen molar-refractivity contribution in [2.45, 2.75) is 16.4 Å². The standard InChI is InChI=1S/C20H16N2O3S/c23-19-17-12-6-7-13(10-12)18(17)20(24)22(19)21-11-14-8-9-16(25-14)26-15-4-2-1-3-5-15/h1-9,11-13,17-18H,10H2. The highest BCUT2D eigenvalue weighted by Gasteiger charge is 2.59. The third kappa shape index (κ3) is 2.44. The van der Waals surface area contributed by atoms with Gasteiger partial charge in [0.05, 0.1) is 18.1 Å². The molecule has 5 rings (SSSR count). The van der Waals surface area contributed by atoms with Crippen LogP contribution in [0, 0.1) is 23.7 Å². The topological polar surface area (TPSA) is 62.9 Å². The minimum absolute atomic E-state index is 0.182. The number of hydrogen-bond donors (Lipinski definition) is 0. The van der Waals surface area contributed by atoms with Gasteiger partial charge < -0.3 is 4.42 Å². The van der Waals surface area contributed by atoms with Gasteiger partial charge in [0, 0.05) is 4.90 Å². The molecule has 2 heterocycles. The zero-order valence-electron chi connectivity index (χ0n) is 13.8. The monoisotopic (exact) mass is 364 g/mol. The summed E-state index contributed by atoms with van der Waals surface area (Å²) >= 11 is 1.51. The van der Waals surface area contributed by atoms with Crippen LogP contribution in [0.4, 0.5) is 0 Å². The van der Waals surface area contributed by atoms with Gasteiger partial charge >= 0.3 is 0 Å². The maximum absolute atomic E-state index is 12.6. The summed E-state index contributed by atoms with van der Waals surface area (Å²) in [5.74, 6) is 0.0865. The Morgan fingerprint density at radius 1 is 1.00 bits per heavy atom. The average molecular weight is 364 g/mol. The fourth-order valence-corrected chi connectivity index (χ4v) is 4.98. The van der Waals surface area contributed by atoms with E-state index in [2.05, 4.69) is 17.3 Å². The molecule has 5 nitrogen and oxygen atoms in total. The highest BCUT2D eigenvalue weighted by molar-refractivity contribution is 7.99. The summed E-state index contributed by atoms with van der Waals surface area (Å²) in [6.07, 6.45) is 6.51. The largest absolute Gasteiger partial charge is 0.448 e. The molecular formula is C20H16N2O3S. The van der Waals surface area contributed by atoms with Crippen molar-refractivity contribution in [2.24, 2.45) is 28.8 Å². The lowest BCUT2D eigenvalue weighted by atomic mass is 9.85. The number of carbonyl (C=O) groups is 2.